The molecule has 0 saturated heterocycles. The molecule has 0 fully saturated rings. The summed E-state index contributed by atoms with van der Waals surface area (Å²) >= 11 is 0. The van der Waals surface area contributed by atoms with Crippen LogP contribution in [0.4, 0.5) is 0 Å². The molecule has 2 unspecified atom stereocenters. The number of unbranched alkanes of at least 4 members (excludes halogenated alkanes) is 46. The van der Waals surface area contributed by atoms with E-state index in [4.69, 9.17) is 4.74 Å². The molecule has 6 heteroatoms. The van der Waals surface area contributed by atoms with E-state index in [1.807, 2.05) is 0 Å². The van der Waals surface area contributed by atoms with Crippen molar-refractivity contribution >= 4 is 11.9 Å². The van der Waals surface area contributed by atoms with Gasteiger partial charge >= 0.3 is 5.97 Å². The van der Waals surface area contributed by atoms with Crippen molar-refractivity contribution in [3.05, 3.63) is 24.3 Å². The minimum absolute atomic E-state index is 0.00412. The SMILES string of the molecule is CCCCC/C=C\C/C=C\CCCCCCCC(=O)OCCCCCCCCCCCCCCCCCCCCCC(=O)NC(CO)C(O)CCCCCCCCCCCCCCCCCCCCCCC. The number of aliphatic hydroxyl groups is 2. The number of ether oxygens (including phenoxy) is 1. The number of carbonyl (C=O) groups excluding carboxylic acids is 2. The normalized spacial score (nSPS) is 12.7. The number of rotatable bonds is 61. The number of hydrogen-bond donors (Lipinski definition) is 3. The van der Waals surface area contributed by atoms with Crippen LogP contribution in [0.3, 0.4) is 0 Å². The zero-order valence-corrected chi connectivity index (χ0v) is 48.7. The Labute approximate surface area is 450 Å². The summed E-state index contributed by atoms with van der Waals surface area (Å²) in [4.78, 5) is 24.6. The summed E-state index contributed by atoms with van der Waals surface area (Å²) in [6.45, 7) is 4.94. The molecule has 2 atom stereocenters. The fourth-order valence-electron chi connectivity index (χ4n) is 10.3. The van der Waals surface area contributed by atoms with Crippen LogP contribution in [-0.4, -0.2) is 47.4 Å². The highest BCUT2D eigenvalue weighted by molar-refractivity contribution is 5.76. The highest BCUT2D eigenvalue weighted by atomic mass is 16.5. The molecule has 0 aliphatic carbocycles. The van der Waals surface area contributed by atoms with Crippen molar-refractivity contribution < 1.29 is 24.5 Å². The van der Waals surface area contributed by atoms with Gasteiger partial charge in [0.15, 0.2) is 0 Å². The highest BCUT2D eigenvalue weighted by Crippen LogP contribution is 2.18. The van der Waals surface area contributed by atoms with Gasteiger partial charge in [-0.3, -0.25) is 9.59 Å². The largest absolute Gasteiger partial charge is 0.466 e. The van der Waals surface area contributed by atoms with E-state index in [0.29, 0.717) is 25.9 Å². The maximum Gasteiger partial charge on any atom is 0.305 e. The molecule has 0 spiro atoms. The molecule has 1 amide bonds. The number of nitrogens with one attached hydrogen (secondary N) is 1. The zero-order valence-electron chi connectivity index (χ0n) is 48.7. The summed E-state index contributed by atoms with van der Waals surface area (Å²) in [6, 6.07) is -0.545. The van der Waals surface area contributed by atoms with E-state index in [-0.39, 0.29) is 18.5 Å². The van der Waals surface area contributed by atoms with Gasteiger partial charge in [0.2, 0.25) is 5.91 Å². The Bertz CT molecular complexity index is 1120. The van der Waals surface area contributed by atoms with Gasteiger partial charge in [0.25, 0.3) is 0 Å². The minimum Gasteiger partial charge on any atom is -0.466 e. The maximum atomic E-state index is 12.5. The predicted octanol–water partition coefficient (Wildman–Crippen LogP) is 20.6. The van der Waals surface area contributed by atoms with Gasteiger partial charge in [0.1, 0.15) is 0 Å². The molecule has 426 valence electrons. The fraction of sp³-hybridized carbons (Fsp3) is 0.909. The van der Waals surface area contributed by atoms with E-state index in [2.05, 4.69) is 43.5 Å². The van der Waals surface area contributed by atoms with Crippen LogP contribution >= 0.6 is 0 Å². The van der Waals surface area contributed by atoms with Gasteiger partial charge in [-0.25, -0.2) is 0 Å². The molecule has 0 radical (unpaired) electrons. The van der Waals surface area contributed by atoms with Crippen LogP contribution in [0, 0.1) is 0 Å². The predicted molar refractivity (Wildman–Crippen MR) is 315 cm³/mol. The van der Waals surface area contributed by atoms with Crippen LogP contribution < -0.4 is 5.32 Å². The molecule has 3 N–H and O–H groups in total. The summed E-state index contributed by atoms with van der Waals surface area (Å²) in [5.74, 6) is -0.0385. The molecule has 6 nitrogen and oxygen atoms in total. The van der Waals surface area contributed by atoms with Crippen LogP contribution in [0.15, 0.2) is 24.3 Å². The number of carbonyl (C=O) groups is 2. The summed E-state index contributed by atoms with van der Waals surface area (Å²) in [5.41, 5.74) is 0. The first-order chi connectivity index (χ1) is 35.5. The van der Waals surface area contributed by atoms with Crippen molar-refractivity contribution in [2.75, 3.05) is 13.2 Å². The second kappa shape index (κ2) is 61.9. The maximum absolute atomic E-state index is 12.5. The smallest absolute Gasteiger partial charge is 0.305 e. The Kier molecular flexibility index (Phi) is 60.5. The van der Waals surface area contributed by atoms with Crippen molar-refractivity contribution in [3.63, 3.8) is 0 Å². The standard InChI is InChI=1S/C66H127NO5/c1-3-5-7-9-11-13-15-17-19-20-21-22-24-27-31-34-38-42-46-50-54-58-64(69)63(62-68)67-65(70)59-55-51-47-43-39-35-32-28-25-23-26-29-33-37-41-45-49-53-57-61-72-66(71)60-56-52-48-44-40-36-30-18-16-14-12-10-8-6-4-2/h12,14,18,30,63-64,68-69H,3-11,13,15-17,19-29,31-62H2,1-2H3,(H,67,70)/b14-12-,30-18-. The molecule has 0 aliphatic rings. The lowest BCUT2D eigenvalue weighted by molar-refractivity contribution is -0.143. The summed E-state index contributed by atoms with van der Waals surface area (Å²) in [7, 11) is 0. The molecule has 0 aliphatic heterocycles. The van der Waals surface area contributed by atoms with Crippen LogP contribution in [-0.2, 0) is 14.3 Å². The lowest BCUT2D eigenvalue weighted by atomic mass is 10.0. The molecule has 72 heavy (non-hydrogen) atoms. The number of hydrogen-bond acceptors (Lipinski definition) is 5. The van der Waals surface area contributed by atoms with E-state index in [1.165, 1.54) is 276 Å². The summed E-state index contributed by atoms with van der Waals surface area (Å²) in [6.07, 6.45) is 76.2. The van der Waals surface area contributed by atoms with Crippen molar-refractivity contribution in [2.45, 2.75) is 373 Å². The topological polar surface area (TPSA) is 95.9 Å². The Morgan fingerprint density at radius 2 is 0.694 bits per heavy atom. The average Bonchev–Trinajstić information content (AvgIpc) is 3.38. The molecule has 0 saturated carbocycles. The number of allylic oxidation sites excluding steroid dienone is 4. The van der Waals surface area contributed by atoms with Gasteiger partial charge in [-0.2, -0.15) is 0 Å². The average molecular weight is 1010 g/mol. The Morgan fingerprint density at radius 1 is 0.389 bits per heavy atom. The lowest BCUT2D eigenvalue weighted by Crippen LogP contribution is -2.45. The molecule has 0 rings (SSSR count). The second-order valence-electron chi connectivity index (χ2n) is 22.5. The van der Waals surface area contributed by atoms with Crippen LogP contribution in [0.2, 0.25) is 0 Å². The molecule has 0 bridgehead atoms. The van der Waals surface area contributed by atoms with Gasteiger partial charge < -0.3 is 20.3 Å². The summed E-state index contributed by atoms with van der Waals surface area (Å²) in [5, 5.41) is 23.4. The van der Waals surface area contributed by atoms with Gasteiger partial charge in [-0.15, -0.1) is 0 Å². The Hall–Kier alpha value is -1.66. The molecule has 0 aromatic rings. The lowest BCUT2D eigenvalue weighted by Gasteiger charge is -2.22. The monoisotopic (exact) mass is 1010 g/mol. The Morgan fingerprint density at radius 3 is 1.08 bits per heavy atom. The van der Waals surface area contributed by atoms with E-state index >= 15 is 0 Å². The summed E-state index contributed by atoms with van der Waals surface area (Å²) < 4.78 is 5.48. The van der Waals surface area contributed by atoms with E-state index in [0.717, 1.165) is 51.4 Å². The van der Waals surface area contributed by atoms with Crippen LogP contribution in [0.1, 0.15) is 361 Å². The van der Waals surface area contributed by atoms with Crippen LogP contribution in [0.5, 0.6) is 0 Å². The zero-order chi connectivity index (χ0) is 52.2. The van der Waals surface area contributed by atoms with Crippen molar-refractivity contribution in [3.8, 4) is 0 Å². The van der Waals surface area contributed by atoms with Crippen LogP contribution in [0.25, 0.3) is 0 Å². The first kappa shape index (κ1) is 70.3. The highest BCUT2D eigenvalue weighted by Gasteiger charge is 2.20. The molecule has 0 heterocycles. The van der Waals surface area contributed by atoms with E-state index < -0.39 is 12.1 Å². The van der Waals surface area contributed by atoms with Crippen molar-refractivity contribution in [2.24, 2.45) is 0 Å². The number of amides is 1. The molecular weight excluding hydrogens is 887 g/mol. The van der Waals surface area contributed by atoms with Gasteiger partial charge in [-0.05, 0) is 57.8 Å². The third kappa shape index (κ3) is 57.6. The second-order valence-corrected chi connectivity index (χ2v) is 22.5. The van der Waals surface area contributed by atoms with E-state index in [9.17, 15) is 19.8 Å². The van der Waals surface area contributed by atoms with Gasteiger partial charge in [0.05, 0.1) is 25.4 Å². The third-order valence-corrected chi connectivity index (χ3v) is 15.3. The third-order valence-electron chi connectivity index (χ3n) is 15.3. The molecule has 0 aromatic carbocycles. The van der Waals surface area contributed by atoms with E-state index in [1.54, 1.807) is 0 Å². The molecule has 0 aromatic heterocycles. The van der Waals surface area contributed by atoms with Crippen molar-refractivity contribution in [1.29, 1.82) is 0 Å². The van der Waals surface area contributed by atoms with Gasteiger partial charge in [0, 0.05) is 12.8 Å². The quantitative estimate of drug-likeness (QED) is 0.0320. The number of esters is 1. The van der Waals surface area contributed by atoms with Gasteiger partial charge in [-0.1, -0.05) is 314 Å². The fourth-order valence-corrected chi connectivity index (χ4v) is 10.3. The Balaban J connectivity index is 3.40. The van der Waals surface area contributed by atoms with Crippen molar-refractivity contribution in [1.82, 2.24) is 5.32 Å². The first-order valence-corrected chi connectivity index (χ1v) is 32.6. The minimum atomic E-state index is -0.667. The first-order valence-electron chi connectivity index (χ1n) is 32.6. The number of aliphatic hydroxyl groups excluding tert-OH is 2. The molecular formula is C66H127NO5.